The molecule has 2 fully saturated rings. The normalized spacial score (nSPS) is 19.9. The largest absolute Gasteiger partial charge is 0.433 e. The number of hydrogen-bond donors (Lipinski definition) is 4. The van der Waals surface area contributed by atoms with E-state index in [-0.39, 0.29) is 29.3 Å². The van der Waals surface area contributed by atoms with Crippen LogP contribution >= 0.6 is 0 Å². The topological polar surface area (TPSA) is 99.3 Å². The lowest BCUT2D eigenvalue weighted by Crippen LogP contribution is -2.51. The van der Waals surface area contributed by atoms with Crippen molar-refractivity contribution >= 4 is 16.7 Å². The Balaban J connectivity index is 1.53. The van der Waals surface area contributed by atoms with Crippen LogP contribution in [0.15, 0.2) is 35.3 Å². The molecule has 39 heavy (non-hydrogen) atoms. The fraction of sp³-hybridized carbons (Fsp3) is 0.500. The minimum Gasteiger partial charge on any atom is -0.379 e. The second-order valence-electron chi connectivity index (χ2n) is 10.3. The molecule has 3 heterocycles. The molecule has 1 saturated heterocycles. The molecule has 1 aliphatic heterocycles. The number of halogens is 5. The Morgan fingerprint density at radius 3 is 2.56 bits per heavy atom. The fourth-order valence-electron chi connectivity index (χ4n) is 5.29. The third-order valence-electron chi connectivity index (χ3n) is 7.41. The van der Waals surface area contributed by atoms with Crippen LogP contribution < -0.4 is 16.2 Å². The number of pyridine rings is 1. The van der Waals surface area contributed by atoms with Gasteiger partial charge in [0.25, 0.3) is 5.92 Å². The van der Waals surface area contributed by atoms with E-state index in [0.29, 0.717) is 36.4 Å². The predicted molar refractivity (Wildman–Crippen MR) is 137 cm³/mol. The van der Waals surface area contributed by atoms with E-state index in [4.69, 9.17) is 4.74 Å². The number of benzene rings is 1. The smallest absolute Gasteiger partial charge is 0.379 e. The summed E-state index contributed by atoms with van der Waals surface area (Å²) >= 11 is 0. The van der Waals surface area contributed by atoms with Crippen molar-refractivity contribution in [2.75, 3.05) is 27.3 Å². The number of amidine groups is 1. The highest BCUT2D eigenvalue weighted by Gasteiger charge is 2.46. The summed E-state index contributed by atoms with van der Waals surface area (Å²) in [7, 11) is 3.43. The molecule has 1 aromatic carbocycles. The zero-order valence-corrected chi connectivity index (χ0v) is 21.7. The second kappa shape index (κ2) is 10.1. The fourth-order valence-corrected chi connectivity index (χ4v) is 5.29. The molecule has 8 nitrogen and oxygen atoms in total. The van der Waals surface area contributed by atoms with E-state index >= 15 is 0 Å². The quantitative estimate of drug-likeness (QED) is 0.142. The third-order valence-corrected chi connectivity index (χ3v) is 7.41. The summed E-state index contributed by atoms with van der Waals surface area (Å²) in [5.41, 5.74) is 6.81. The molecule has 0 spiro atoms. The van der Waals surface area contributed by atoms with Gasteiger partial charge in [-0.25, -0.2) is 19.2 Å². The summed E-state index contributed by atoms with van der Waals surface area (Å²) in [6, 6.07) is 7.27. The van der Waals surface area contributed by atoms with Gasteiger partial charge in [-0.05, 0) is 24.6 Å². The van der Waals surface area contributed by atoms with Crippen LogP contribution in [0.2, 0.25) is 0 Å². The summed E-state index contributed by atoms with van der Waals surface area (Å²) < 4.78 is 73.9. The van der Waals surface area contributed by atoms with Crippen molar-refractivity contribution in [1.29, 1.82) is 0 Å². The molecule has 13 heteroatoms. The van der Waals surface area contributed by atoms with Crippen molar-refractivity contribution in [1.82, 2.24) is 31.3 Å². The van der Waals surface area contributed by atoms with Crippen molar-refractivity contribution < 1.29 is 26.7 Å². The van der Waals surface area contributed by atoms with Crippen LogP contribution in [-0.2, 0) is 16.3 Å². The molecule has 2 aliphatic rings. The number of aromatic nitrogens is 3. The first-order chi connectivity index (χ1) is 18.4. The predicted octanol–water partition coefficient (Wildman–Crippen LogP) is 4.50. The van der Waals surface area contributed by atoms with Gasteiger partial charge < -0.3 is 15.5 Å². The number of hydrogen-bond acceptors (Lipinski definition) is 6. The minimum atomic E-state index is -4.70. The van der Waals surface area contributed by atoms with Crippen LogP contribution in [-0.4, -0.2) is 60.3 Å². The van der Waals surface area contributed by atoms with E-state index < -0.39 is 29.9 Å². The van der Waals surface area contributed by atoms with Gasteiger partial charge in [0.15, 0.2) is 0 Å². The Morgan fingerprint density at radius 1 is 1.23 bits per heavy atom. The number of H-pyrrole nitrogens is 1. The van der Waals surface area contributed by atoms with E-state index in [1.165, 1.54) is 0 Å². The first-order valence-corrected chi connectivity index (χ1v) is 12.6. The summed E-state index contributed by atoms with van der Waals surface area (Å²) in [4.78, 5) is 8.17. The number of aromatic amines is 1. The van der Waals surface area contributed by atoms with Crippen LogP contribution in [0.5, 0.6) is 0 Å². The van der Waals surface area contributed by atoms with Gasteiger partial charge >= 0.3 is 6.18 Å². The molecule has 4 N–H and O–H groups in total. The SMILES string of the molecule is CN=C(CC1(c2cccc(-c3n[nH]c4c([C@H](C)NC5CC(F)(F)C5)nc(C(F)(F)F)cc34)c2)COC1)NNC. The summed E-state index contributed by atoms with van der Waals surface area (Å²) in [5, 5.41) is 10.5. The van der Waals surface area contributed by atoms with E-state index in [1.54, 1.807) is 27.1 Å². The Bertz CT molecular complexity index is 1370. The molecule has 3 aromatic rings. The maximum absolute atomic E-state index is 13.9. The molecule has 1 aliphatic carbocycles. The minimum absolute atomic E-state index is 0.0794. The molecule has 210 valence electrons. The standard InChI is InChI=1S/C26H30F5N7O/c1-14(34-17-9-25(27,28)10-17)21-23-18(8-19(35-21)26(29,30)31)22(37-38-23)15-5-4-6-16(7-15)24(12-39-13-24)11-20(32-2)36-33-3/h4-8,14,17,33-34H,9-13H2,1-3H3,(H,32,36)(H,37,38)/t14-/m0/s1. The monoisotopic (exact) mass is 551 g/mol. The van der Waals surface area contributed by atoms with E-state index in [0.717, 1.165) is 17.5 Å². The number of fused-ring (bicyclic) bond motifs is 1. The van der Waals surface area contributed by atoms with Gasteiger partial charge in [-0.2, -0.15) is 18.3 Å². The molecule has 0 bridgehead atoms. The van der Waals surface area contributed by atoms with Crippen molar-refractivity contribution in [2.45, 2.75) is 55.8 Å². The van der Waals surface area contributed by atoms with E-state index in [2.05, 4.69) is 36.3 Å². The van der Waals surface area contributed by atoms with Gasteiger partial charge in [0, 0.05) is 61.8 Å². The van der Waals surface area contributed by atoms with Gasteiger partial charge in [-0.3, -0.25) is 10.1 Å². The van der Waals surface area contributed by atoms with Crippen LogP contribution in [0.4, 0.5) is 22.0 Å². The highest BCUT2D eigenvalue weighted by Crippen LogP contribution is 2.41. The molecule has 1 saturated carbocycles. The first-order valence-electron chi connectivity index (χ1n) is 12.6. The zero-order valence-electron chi connectivity index (χ0n) is 21.7. The van der Waals surface area contributed by atoms with E-state index in [9.17, 15) is 22.0 Å². The van der Waals surface area contributed by atoms with Gasteiger partial charge in [-0.15, -0.1) is 0 Å². The maximum atomic E-state index is 13.9. The molecule has 1 atom stereocenters. The Kier molecular flexibility index (Phi) is 7.10. The van der Waals surface area contributed by atoms with Gasteiger partial charge in [-0.1, -0.05) is 18.2 Å². The molecule has 2 aromatic heterocycles. The van der Waals surface area contributed by atoms with Crippen molar-refractivity contribution in [3.63, 3.8) is 0 Å². The van der Waals surface area contributed by atoms with Crippen LogP contribution in [0.3, 0.4) is 0 Å². The van der Waals surface area contributed by atoms with Crippen LogP contribution in [0.25, 0.3) is 22.2 Å². The molecule has 0 amide bonds. The Labute approximate surface area is 221 Å². The molecule has 0 unspecified atom stereocenters. The number of ether oxygens (including phenoxy) is 1. The summed E-state index contributed by atoms with van der Waals surface area (Å²) in [5.74, 6) is -2.01. The number of alkyl halides is 5. The maximum Gasteiger partial charge on any atom is 0.433 e. The molecular formula is C26H30F5N7O. The van der Waals surface area contributed by atoms with Gasteiger partial charge in [0.1, 0.15) is 17.2 Å². The van der Waals surface area contributed by atoms with Crippen molar-refractivity contribution in [3.05, 3.63) is 47.3 Å². The summed E-state index contributed by atoms with van der Waals surface area (Å²) in [6.07, 6.45) is -4.85. The molecule has 0 radical (unpaired) electrons. The average Bonchev–Trinajstić information content (AvgIpc) is 3.27. The second-order valence-corrected chi connectivity index (χ2v) is 10.3. The zero-order chi connectivity index (χ0) is 28.0. The third kappa shape index (κ3) is 5.35. The molecule has 5 rings (SSSR count). The lowest BCUT2D eigenvalue weighted by atomic mass is 9.75. The van der Waals surface area contributed by atoms with Gasteiger partial charge in [0.2, 0.25) is 0 Å². The first kappa shape index (κ1) is 27.4. The number of nitrogens with one attached hydrogen (secondary N) is 4. The number of hydrazine groups is 1. The summed E-state index contributed by atoms with van der Waals surface area (Å²) in [6.45, 7) is 2.56. The lowest BCUT2D eigenvalue weighted by molar-refractivity contribution is -0.141. The number of rotatable bonds is 8. The number of nitrogens with zero attached hydrogens (tertiary/aromatic N) is 3. The van der Waals surface area contributed by atoms with Crippen LogP contribution in [0, 0.1) is 0 Å². The Morgan fingerprint density at radius 2 is 1.97 bits per heavy atom. The highest BCUT2D eigenvalue weighted by molar-refractivity contribution is 5.94. The highest BCUT2D eigenvalue weighted by atomic mass is 19.4. The number of aliphatic imine (C=N–C) groups is 1. The van der Waals surface area contributed by atoms with E-state index in [1.807, 2.05) is 18.2 Å². The molecular weight excluding hydrogens is 521 g/mol. The van der Waals surface area contributed by atoms with Crippen LogP contribution in [0.1, 0.15) is 49.2 Å². The lowest BCUT2D eigenvalue weighted by Gasteiger charge is -2.42. The van der Waals surface area contributed by atoms with Crippen molar-refractivity contribution in [3.8, 4) is 11.3 Å². The average molecular weight is 552 g/mol. The van der Waals surface area contributed by atoms with Crippen molar-refractivity contribution in [2.24, 2.45) is 4.99 Å². The Hall–Kier alpha value is -3.16. The van der Waals surface area contributed by atoms with Gasteiger partial charge in [0.05, 0.1) is 24.4 Å².